The first-order chi connectivity index (χ1) is 11.8. The number of nitrogens with zero attached hydrogens (tertiary/aromatic N) is 1. The predicted octanol–water partition coefficient (Wildman–Crippen LogP) is -1.54. The largest absolute Gasteiger partial charge is 0.396 e. The zero-order valence-electron chi connectivity index (χ0n) is 13.1. The lowest BCUT2D eigenvalue weighted by molar-refractivity contribution is -0.384. The molecule has 2 unspecified atom stereocenters. The second kappa shape index (κ2) is 9.64. The van der Waals surface area contributed by atoms with Crippen molar-refractivity contribution in [2.75, 3.05) is 13.2 Å². The Morgan fingerprint density at radius 1 is 0.960 bits per heavy atom. The zero-order valence-corrected chi connectivity index (χ0v) is 13.1. The number of benzene rings is 1. The van der Waals surface area contributed by atoms with E-state index in [0.717, 1.165) is 18.2 Å². The van der Waals surface area contributed by atoms with E-state index in [0.29, 0.717) is 0 Å². The second-order valence-corrected chi connectivity index (χ2v) is 5.03. The summed E-state index contributed by atoms with van der Waals surface area (Å²) in [5.74, 6) is -1.76. The SMILES string of the molecule is O=C(NC(O)CCO)c1cc(C(=O)NC(O)CCO)cc([N+](=O)[O-])c1. The average Bonchev–Trinajstić information content (AvgIpc) is 2.54. The first kappa shape index (κ1) is 20.4. The molecule has 0 heterocycles. The molecule has 6 N–H and O–H groups in total. The van der Waals surface area contributed by atoms with Crippen LogP contribution in [0.1, 0.15) is 33.6 Å². The summed E-state index contributed by atoms with van der Waals surface area (Å²) in [5.41, 5.74) is -1.05. The highest BCUT2D eigenvalue weighted by Gasteiger charge is 2.20. The first-order valence-corrected chi connectivity index (χ1v) is 7.27. The lowest BCUT2D eigenvalue weighted by Crippen LogP contribution is -2.36. The molecule has 11 nitrogen and oxygen atoms in total. The monoisotopic (exact) mass is 357 g/mol. The number of hydrogen-bond acceptors (Lipinski definition) is 8. The molecular weight excluding hydrogens is 338 g/mol. The van der Waals surface area contributed by atoms with E-state index < -0.39 is 34.9 Å². The van der Waals surface area contributed by atoms with Crippen molar-refractivity contribution in [3.8, 4) is 0 Å². The highest BCUT2D eigenvalue weighted by atomic mass is 16.6. The Kier molecular flexibility index (Phi) is 7.88. The van der Waals surface area contributed by atoms with Gasteiger partial charge in [-0.25, -0.2) is 0 Å². The minimum Gasteiger partial charge on any atom is -0.396 e. The number of non-ortho nitro benzene ring substituents is 1. The maximum absolute atomic E-state index is 12.0. The summed E-state index contributed by atoms with van der Waals surface area (Å²) >= 11 is 0. The third-order valence-electron chi connectivity index (χ3n) is 3.05. The summed E-state index contributed by atoms with van der Waals surface area (Å²) in [5, 5.41) is 51.5. The van der Waals surface area contributed by atoms with E-state index in [1.807, 2.05) is 0 Å². The standard InChI is InChI=1S/C14H19N3O8/c18-3-1-11(20)15-13(22)8-5-9(7-10(6-8)17(24)25)14(23)16-12(21)2-4-19/h5-7,11-12,18-21H,1-4H2,(H,15,22)(H,16,23). The number of carbonyl (C=O) groups excluding carboxylic acids is 2. The van der Waals surface area contributed by atoms with Gasteiger partial charge in [-0.2, -0.15) is 0 Å². The molecule has 0 aliphatic rings. The molecule has 0 aromatic heterocycles. The Balaban J connectivity index is 3.06. The number of carbonyl (C=O) groups is 2. The number of aliphatic hydroxyl groups excluding tert-OH is 4. The van der Waals surface area contributed by atoms with Crippen LogP contribution in [0, 0.1) is 10.1 Å². The van der Waals surface area contributed by atoms with Crippen LogP contribution >= 0.6 is 0 Å². The molecule has 11 heteroatoms. The van der Waals surface area contributed by atoms with Crippen molar-refractivity contribution in [2.24, 2.45) is 0 Å². The molecule has 0 spiro atoms. The van der Waals surface area contributed by atoms with Crippen LogP contribution in [0.15, 0.2) is 18.2 Å². The zero-order chi connectivity index (χ0) is 19.0. The molecule has 1 aromatic rings. The molecule has 0 radical (unpaired) electrons. The van der Waals surface area contributed by atoms with Gasteiger partial charge in [0.2, 0.25) is 0 Å². The van der Waals surface area contributed by atoms with Gasteiger partial charge in [0.1, 0.15) is 12.5 Å². The average molecular weight is 357 g/mol. The number of nitrogens with one attached hydrogen (secondary N) is 2. The van der Waals surface area contributed by atoms with Crippen molar-refractivity contribution in [2.45, 2.75) is 25.3 Å². The summed E-state index contributed by atoms with van der Waals surface area (Å²) in [6.07, 6.45) is -3.00. The molecule has 0 saturated carbocycles. The molecule has 0 fully saturated rings. The van der Waals surface area contributed by atoms with Crippen molar-refractivity contribution in [3.63, 3.8) is 0 Å². The maximum Gasteiger partial charge on any atom is 0.271 e. The van der Waals surface area contributed by atoms with E-state index in [9.17, 15) is 29.9 Å². The van der Waals surface area contributed by atoms with Crippen LogP contribution in [0.5, 0.6) is 0 Å². The number of hydrogen-bond donors (Lipinski definition) is 6. The smallest absolute Gasteiger partial charge is 0.271 e. The van der Waals surface area contributed by atoms with Crippen LogP contribution in [0.3, 0.4) is 0 Å². The number of nitro groups is 1. The number of amides is 2. The fraction of sp³-hybridized carbons (Fsp3) is 0.429. The van der Waals surface area contributed by atoms with Gasteiger partial charge >= 0.3 is 0 Å². The Labute approximate surface area is 142 Å². The van der Waals surface area contributed by atoms with E-state index in [1.54, 1.807) is 0 Å². The normalized spacial score (nSPS) is 13.0. The van der Waals surface area contributed by atoms with Gasteiger partial charge in [-0.1, -0.05) is 0 Å². The molecule has 138 valence electrons. The molecule has 25 heavy (non-hydrogen) atoms. The van der Waals surface area contributed by atoms with E-state index in [-0.39, 0.29) is 37.2 Å². The molecule has 0 aliphatic carbocycles. The van der Waals surface area contributed by atoms with Crippen LogP contribution in [0.4, 0.5) is 5.69 Å². The van der Waals surface area contributed by atoms with Crippen LogP contribution < -0.4 is 10.6 Å². The quantitative estimate of drug-likeness (QED) is 0.174. The van der Waals surface area contributed by atoms with E-state index >= 15 is 0 Å². The molecule has 0 aliphatic heterocycles. The Bertz CT molecular complexity index is 592. The van der Waals surface area contributed by atoms with E-state index in [1.165, 1.54) is 0 Å². The lowest BCUT2D eigenvalue weighted by Gasteiger charge is -2.13. The Morgan fingerprint density at radius 3 is 1.68 bits per heavy atom. The number of aliphatic hydroxyl groups is 4. The highest BCUT2D eigenvalue weighted by Crippen LogP contribution is 2.18. The molecular formula is C14H19N3O8. The second-order valence-electron chi connectivity index (χ2n) is 5.03. The predicted molar refractivity (Wildman–Crippen MR) is 83.4 cm³/mol. The third-order valence-corrected chi connectivity index (χ3v) is 3.05. The highest BCUT2D eigenvalue weighted by molar-refractivity contribution is 6.00. The van der Waals surface area contributed by atoms with E-state index in [4.69, 9.17) is 10.2 Å². The van der Waals surface area contributed by atoms with E-state index in [2.05, 4.69) is 10.6 Å². The van der Waals surface area contributed by atoms with Crippen molar-refractivity contribution in [3.05, 3.63) is 39.4 Å². The summed E-state index contributed by atoms with van der Waals surface area (Å²) in [6.45, 7) is -0.764. The molecule has 1 aromatic carbocycles. The van der Waals surface area contributed by atoms with Gasteiger partial charge in [-0.15, -0.1) is 0 Å². The minimum absolute atomic E-state index is 0.138. The third kappa shape index (κ3) is 6.43. The molecule has 2 atom stereocenters. The van der Waals surface area contributed by atoms with Gasteiger partial charge in [-0.3, -0.25) is 19.7 Å². The van der Waals surface area contributed by atoms with Gasteiger partial charge in [0.25, 0.3) is 17.5 Å². The maximum atomic E-state index is 12.0. The Hall–Kier alpha value is -2.60. The number of rotatable bonds is 9. The fourth-order valence-corrected chi connectivity index (χ4v) is 1.84. The molecule has 2 amide bonds. The van der Waals surface area contributed by atoms with Crippen LogP contribution in [0.2, 0.25) is 0 Å². The van der Waals surface area contributed by atoms with Crippen LogP contribution in [0.25, 0.3) is 0 Å². The van der Waals surface area contributed by atoms with Gasteiger partial charge in [0.15, 0.2) is 0 Å². The lowest BCUT2D eigenvalue weighted by atomic mass is 10.1. The van der Waals surface area contributed by atoms with Gasteiger partial charge in [0, 0.05) is 49.3 Å². The number of nitro benzene ring substituents is 1. The van der Waals surface area contributed by atoms with Gasteiger partial charge in [-0.05, 0) is 6.07 Å². The topological polar surface area (TPSA) is 182 Å². The summed E-state index contributed by atoms with van der Waals surface area (Å²) in [7, 11) is 0. The molecule has 0 saturated heterocycles. The van der Waals surface area contributed by atoms with Crippen molar-refractivity contribution < 1.29 is 34.9 Å². The van der Waals surface area contributed by atoms with Gasteiger partial charge in [0.05, 0.1) is 4.92 Å². The fourth-order valence-electron chi connectivity index (χ4n) is 1.84. The van der Waals surface area contributed by atoms with Crippen molar-refractivity contribution >= 4 is 17.5 Å². The van der Waals surface area contributed by atoms with Gasteiger partial charge < -0.3 is 31.1 Å². The first-order valence-electron chi connectivity index (χ1n) is 7.27. The van der Waals surface area contributed by atoms with Crippen molar-refractivity contribution in [1.29, 1.82) is 0 Å². The summed E-state index contributed by atoms with van der Waals surface area (Å²) < 4.78 is 0. The molecule has 1 rings (SSSR count). The molecule has 0 bridgehead atoms. The minimum atomic E-state index is -1.36. The Morgan fingerprint density at radius 2 is 1.36 bits per heavy atom. The van der Waals surface area contributed by atoms with Crippen LogP contribution in [-0.4, -0.2) is 62.8 Å². The summed E-state index contributed by atoms with van der Waals surface area (Å²) in [4.78, 5) is 34.2. The van der Waals surface area contributed by atoms with Crippen molar-refractivity contribution in [1.82, 2.24) is 10.6 Å². The van der Waals surface area contributed by atoms with Crippen LogP contribution in [-0.2, 0) is 0 Å². The summed E-state index contributed by atoms with van der Waals surface area (Å²) in [6, 6.07) is 2.89.